The molecule has 0 spiro atoms. The van der Waals surface area contributed by atoms with Crippen molar-refractivity contribution >= 4 is 17.6 Å². The first kappa shape index (κ1) is 15.2. The first-order valence-corrected chi connectivity index (χ1v) is 7.88. The van der Waals surface area contributed by atoms with Crippen LogP contribution in [0.2, 0.25) is 0 Å². The molecule has 1 atom stereocenters. The minimum atomic E-state index is -1.22. The Morgan fingerprint density at radius 3 is 2.55 bits per heavy atom. The number of ketones is 2. The van der Waals surface area contributed by atoms with Crippen molar-refractivity contribution in [3.8, 4) is 0 Å². The Morgan fingerprint density at radius 2 is 1.91 bits per heavy atom. The van der Waals surface area contributed by atoms with Crippen LogP contribution in [0.4, 0.5) is 0 Å². The molecule has 3 nitrogen and oxygen atoms in total. The number of Topliss-reactive ketones (excluding diaryl/α,β-unsaturated/α-hetero) is 2. The van der Waals surface area contributed by atoms with Gasteiger partial charge in [-0.15, -0.1) is 0 Å². The lowest BCUT2D eigenvalue weighted by atomic mass is 9.68. The average Bonchev–Trinajstić information content (AvgIpc) is 2.45. The summed E-state index contributed by atoms with van der Waals surface area (Å²) >= 11 is 0. The topological polar surface area (TPSA) is 54.4 Å². The molecule has 0 aliphatic heterocycles. The Labute approximate surface area is 131 Å². The zero-order valence-electron chi connectivity index (χ0n) is 13.6. The minimum absolute atomic E-state index is 0.0411. The summed E-state index contributed by atoms with van der Waals surface area (Å²) in [5.41, 5.74) is 3.38. The molecular formula is C19H22O3. The zero-order chi connectivity index (χ0) is 16.2. The molecule has 2 aliphatic carbocycles. The number of carbonyl (C=O) groups is 2. The number of hydrogen-bond donors (Lipinski definition) is 1. The number of rotatable bonds is 1. The summed E-state index contributed by atoms with van der Waals surface area (Å²) in [5, 5.41) is 10.6. The van der Waals surface area contributed by atoms with Gasteiger partial charge in [-0.3, -0.25) is 9.59 Å². The monoisotopic (exact) mass is 298 g/mol. The van der Waals surface area contributed by atoms with Gasteiger partial charge in [0.25, 0.3) is 0 Å². The Balaban J connectivity index is 2.30. The first-order chi connectivity index (χ1) is 10.2. The van der Waals surface area contributed by atoms with Gasteiger partial charge >= 0.3 is 0 Å². The van der Waals surface area contributed by atoms with Crippen LogP contribution in [0.15, 0.2) is 17.7 Å². The van der Waals surface area contributed by atoms with Crippen LogP contribution in [0.25, 0.3) is 6.08 Å². The van der Waals surface area contributed by atoms with Crippen LogP contribution in [0, 0.1) is 5.92 Å². The molecule has 22 heavy (non-hydrogen) atoms. The van der Waals surface area contributed by atoms with E-state index in [0.29, 0.717) is 23.1 Å². The Hall–Kier alpha value is -1.74. The summed E-state index contributed by atoms with van der Waals surface area (Å²) in [6.07, 6.45) is 1.89. The number of aliphatic hydroxyl groups is 1. The highest BCUT2D eigenvalue weighted by atomic mass is 16.3. The Kier molecular flexibility index (Phi) is 3.37. The largest absolute Gasteiger partial charge is 0.380 e. The molecule has 3 rings (SSSR count). The molecular weight excluding hydrogens is 276 g/mol. The quantitative estimate of drug-likeness (QED) is 0.862. The normalized spacial score (nSPS) is 23.2. The molecule has 0 heterocycles. The van der Waals surface area contributed by atoms with Gasteiger partial charge in [0, 0.05) is 23.1 Å². The second-order valence-electron chi connectivity index (χ2n) is 7.32. The van der Waals surface area contributed by atoms with Crippen molar-refractivity contribution in [2.75, 3.05) is 0 Å². The van der Waals surface area contributed by atoms with E-state index in [1.54, 1.807) is 0 Å². The number of carbonyl (C=O) groups excluding carboxylic acids is 2. The van der Waals surface area contributed by atoms with Gasteiger partial charge in [-0.25, -0.2) is 0 Å². The number of hydrogen-bond acceptors (Lipinski definition) is 3. The fourth-order valence-corrected chi connectivity index (χ4v) is 3.58. The van der Waals surface area contributed by atoms with Crippen LogP contribution in [0.5, 0.6) is 0 Å². The van der Waals surface area contributed by atoms with E-state index >= 15 is 0 Å². The molecule has 2 aliphatic rings. The van der Waals surface area contributed by atoms with Crippen LogP contribution < -0.4 is 0 Å². The third-order valence-electron chi connectivity index (χ3n) is 5.00. The fraction of sp³-hybridized carbons (Fsp3) is 0.474. The van der Waals surface area contributed by atoms with Gasteiger partial charge in [-0.1, -0.05) is 39.8 Å². The van der Waals surface area contributed by atoms with Crippen LogP contribution in [-0.4, -0.2) is 16.7 Å². The van der Waals surface area contributed by atoms with E-state index in [1.807, 2.05) is 32.1 Å². The van der Waals surface area contributed by atoms with Gasteiger partial charge in [0.1, 0.15) is 6.10 Å². The highest BCUT2D eigenvalue weighted by Gasteiger charge is 2.39. The maximum absolute atomic E-state index is 12.5. The highest BCUT2D eigenvalue weighted by molar-refractivity contribution is 6.10. The molecule has 1 aromatic carbocycles. The summed E-state index contributed by atoms with van der Waals surface area (Å²) in [6.45, 7) is 8.09. The van der Waals surface area contributed by atoms with Crippen LogP contribution >= 0.6 is 0 Å². The van der Waals surface area contributed by atoms with Crippen molar-refractivity contribution in [1.82, 2.24) is 0 Å². The maximum Gasteiger partial charge on any atom is 0.192 e. The van der Waals surface area contributed by atoms with Crippen LogP contribution in [0.3, 0.4) is 0 Å². The van der Waals surface area contributed by atoms with Gasteiger partial charge in [-0.05, 0) is 35.0 Å². The molecule has 0 amide bonds. The molecule has 0 bridgehead atoms. The molecule has 0 aromatic heterocycles. The molecule has 3 heteroatoms. The van der Waals surface area contributed by atoms with Crippen molar-refractivity contribution in [3.63, 3.8) is 0 Å². The first-order valence-electron chi connectivity index (χ1n) is 7.88. The van der Waals surface area contributed by atoms with Gasteiger partial charge in [0.05, 0.1) is 0 Å². The summed E-state index contributed by atoms with van der Waals surface area (Å²) in [6, 6.07) is 3.93. The number of fused-ring (bicyclic) bond motifs is 3. The van der Waals surface area contributed by atoms with E-state index < -0.39 is 6.10 Å². The molecule has 0 saturated heterocycles. The number of aliphatic hydroxyl groups excluding tert-OH is 1. The average molecular weight is 298 g/mol. The Morgan fingerprint density at radius 1 is 1.23 bits per heavy atom. The van der Waals surface area contributed by atoms with Gasteiger partial charge in [0.2, 0.25) is 0 Å². The van der Waals surface area contributed by atoms with E-state index in [2.05, 4.69) is 13.8 Å². The lowest BCUT2D eigenvalue weighted by Crippen LogP contribution is -2.32. The summed E-state index contributed by atoms with van der Waals surface area (Å²) in [5.74, 6) is -0.176. The third kappa shape index (κ3) is 2.07. The second-order valence-corrected chi connectivity index (χ2v) is 7.32. The van der Waals surface area contributed by atoms with Crippen molar-refractivity contribution < 1.29 is 14.7 Å². The predicted molar refractivity (Wildman–Crippen MR) is 85.8 cm³/mol. The molecule has 0 radical (unpaired) electrons. The zero-order valence-corrected chi connectivity index (χ0v) is 13.6. The van der Waals surface area contributed by atoms with E-state index in [9.17, 15) is 14.7 Å². The maximum atomic E-state index is 12.5. The summed E-state index contributed by atoms with van der Waals surface area (Å²) < 4.78 is 0. The van der Waals surface area contributed by atoms with E-state index in [4.69, 9.17) is 0 Å². The van der Waals surface area contributed by atoms with Gasteiger partial charge in [-0.2, -0.15) is 0 Å². The van der Waals surface area contributed by atoms with Gasteiger partial charge in [0.15, 0.2) is 11.6 Å². The highest BCUT2D eigenvalue weighted by Crippen LogP contribution is 2.43. The molecule has 1 unspecified atom stereocenters. The minimum Gasteiger partial charge on any atom is -0.380 e. The standard InChI is InChI=1S/C19H22O3/c1-10(2)12-9-11-5-6-13-16(15(11)18(22)17(12)21)14(20)7-8-19(13,3)4/h5-6,9-10,18,22H,7-8H2,1-4H3. The predicted octanol–water partition coefficient (Wildman–Crippen LogP) is 3.60. The van der Waals surface area contributed by atoms with Crippen molar-refractivity contribution in [3.05, 3.63) is 40.0 Å². The summed E-state index contributed by atoms with van der Waals surface area (Å²) in [7, 11) is 0. The Bertz CT molecular complexity index is 708. The lowest BCUT2D eigenvalue weighted by molar-refractivity contribution is -0.124. The van der Waals surface area contributed by atoms with Crippen molar-refractivity contribution in [1.29, 1.82) is 0 Å². The second kappa shape index (κ2) is 4.88. The third-order valence-corrected chi connectivity index (χ3v) is 5.00. The molecule has 0 fully saturated rings. The van der Waals surface area contributed by atoms with E-state index in [-0.39, 0.29) is 22.9 Å². The molecule has 1 aromatic rings. The summed E-state index contributed by atoms with van der Waals surface area (Å²) in [4.78, 5) is 24.9. The van der Waals surface area contributed by atoms with E-state index in [0.717, 1.165) is 17.5 Å². The van der Waals surface area contributed by atoms with Crippen molar-refractivity contribution in [2.45, 2.75) is 52.1 Å². The lowest BCUT2D eigenvalue weighted by Gasteiger charge is -2.35. The van der Waals surface area contributed by atoms with E-state index in [1.165, 1.54) is 0 Å². The fourth-order valence-electron chi connectivity index (χ4n) is 3.58. The molecule has 116 valence electrons. The SMILES string of the molecule is CC(C)C1=Cc2ccc3c(c2C(O)C1=O)C(=O)CCC3(C)C. The molecule has 0 saturated carbocycles. The smallest absolute Gasteiger partial charge is 0.192 e. The molecule has 1 N–H and O–H groups in total. The number of benzene rings is 1. The van der Waals surface area contributed by atoms with Gasteiger partial charge < -0.3 is 5.11 Å². The van der Waals surface area contributed by atoms with Crippen LogP contribution in [-0.2, 0) is 10.2 Å². The van der Waals surface area contributed by atoms with Crippen LogP contribution in [0.1, 0.15) is 73.7 Å². The van der Waals surface area contributed by atoms with Crippen molar-refractivity contribution in [2.24, 2.45) is 5.92 Å².